The van der Waals surface area contributed by atoms with Crippen molar-refractivity contribution in [1.29, 1.82) is 0 Å². The minimum Gasteiger partial charge on any atom is -0.306 e. The Hall–Kier alpha value is -1.08. The number of hydrogen-bond acceptors (Lipinski definition) is 1. The van der Waals surface area contributed by atoms with Crippen LogP contribution in [0.25, 0.3) is 0 Å². The van der Waals surface area contributed by atoms with Gasteiger partial charge in [-0.2, -0.15) is 0 Å². The summed E-state index contributed by atoms with van der Waals surface area (Å²) in [6.07, 6.45) is 8.17. The number of rotatable bonds is 0. The molecule has 3 rings (SSSR count). The molecule has 0 spiro atoms. The van der Waals surface area contributed by atoms with Crippen molar-refractivity contribution in [3.63, 3.8) is 0 Å². The van der Waals surface area contributed by atoms with Gasteiger partial charge in [0.2, 0.25) is 0 Å². The Morgan fingerprint density at radius 3 is 2.93 bits per heavy atom. The molecule has 0 radical (unpaired) electrons. The summed E-state index contributed by atoms with van der Waals surface area (Å²) in [5.41, 5.74) is 3.06. The van der Waals surface area contributed by atoms with Gasteiger partial charge in [0.1, 0.15) is 0 Å². The Morgan fingerprint density at radius 2 is 1.93 bits per heavy atom. The highest BCUT2D eigenvalue weighted by Gasteiger charge is 2.25. The third-order valence-corrected chi connectivity index (χ3v) is 3.29. The quantitative estimate of drug-likeness (QED) is 0.613. The van der Waals surface area contributed by atoms with Crippen LogP contribution in [0, 0.1) is 0 Å². The summed E-state index contributed by atoms with van der Waals surface area (Å²) in [7, 11) is 0. The van der Waals surface area contributed by atoms with E-state index in [1.165, 1.54) is 18.4 Å². The summed E-state index contributed by atoms with van der Waals surface area (Å²) in [5.74, 6) is 0. The summed E-state index contributed by atoms with van der Waals surface area (Å²) < 4.78 is 0. The van der Waals surface area contributed by atoms with Crippen molar-refractivity contribution in [3.8, 4) is 0 Å². The first-order valence-corrected chi connectivity index (χ1v) is 5.42. The fourth-order valence-corrected chi connectivity index (χ4v) is 2.60. The number of hydrogen-bond donors (Lipinski definition) is 1. The molecule has 0 aliphatic carbocycles. The van der Waals surface area contributed by atoms with Crippen LogP contribution in [0.15, 0.2) is 36.4 Å². The average molecular weight is 185 g/mol. The molecule has 0 fully saturated rings. The third-order valence-electron chi connectivity index (χ3n) is 3.29. The van der Waals surface area contributed by atoms with Crippen molar-refractivity contribution in [2.45, 2.75) is 31.3 Å². The van der Waals surface area contributed by atoms with Crippen molar-refractivity contribution in [3.05, 3.63) is 47.5 Å². The lowest BCUT2D eigenvalue weighted by Gasteiger charge is -2.31. The van der Waals surface area contributed by atoms with Gasteiger partial charge in [0.05, 0.1) is 0 Å². The molecule has 2 atom stereocenters. The van der Waals surface area contributed by atoms with E-state index in [9.17, 15) is 0 Å². The minimum absolute atomic E-state index is 0.559. The van der Waals surface area contributed by atoms with E-state index in [4.69, 9.17) is 0 Å². The van der Waals surface area contributed by atoms with E-state index in [2.05, 4.69) is 41.7 Å². The highest BCUT2D eigenvalue weighted by Crippen LogP contribution is 2.30. The van der Waals surface area contributed by atoms with Crippen LogP contribution in [-0.4, -0.2) is 6.04 Å². The number of benzene rings is 1. The Bertz CT molecular complexity index is 367. The van der Waals surface area contributed by atoms with Crippen molar-refractivity contribution < 1.29 is 0 Å². The number of fused-ring (bicyclic) bond motifs is 4. The summed E-state index contributed by atoms with van der Waals surface area (Å²) in [6.45, 7) is 0. The minimum atomic E-state index is 0.559. The van der Waals surface area contributed by atoms with Crippen LogP contribution in [0.3, 0.4) is 0 Å². The SMILES string of the molecule is C1=CC[C@@H]2N[C@H](C1)Cc1ccccc12. The summed E-state index contributed by atoms with van der Waals surface area (Å²) in [4.78, 5) is 0. The lowest BCUT2D eigenvalue weighted by molar-refractivity contribution is 0.416. The van der Waals surface area contributed by atoms with Gasteiger partial charge in [0.15, 0.2) is 0 Å². The van der Waals surface area contributed by atoms with Gasteiger partial charge in [0.25, 0.3) is 0 Å². The molecule has 0 amide bonds. The second-order valence-electron chi connectivity index (χ2n) is 4.26. The molecule has 1 N–H and O–H groups in total. The fourth-order valence-electron chi connectivity index (χ4n) is 2.60. The Morgan fingerprint density at radius 1 is 1.07 bits per heavy atom. The van der Waals surface area contributed by atoms with Gasteiger partial charge in [-0.25, -0.2) is 0 Å². The molecule has 2 aliphatic rings. The van der Waals surface area contributed by atoms with E-state index in [-0.39, 0.29) is 0 Å². The first-order valence-electron chi connectivity index (χ1n) is 5.42. The summed E-state index contributed by atoms with van der Waals surface area (Å²) in [6, 6.07) is 10.1. The second kappa shape index (κ2) is 3.25. The maximum Gasteiger partial charge on any atom is 0.0360 e. The van der Waals surface area contributed by atoms with Crippen molar-refractivity contribution in [2.24, 2.45) is 0 Å². The molecule has 14 heavy (non-hydrogen) atoms. The molecule has 2 bridgehead atoms. The molecule has 1 aromatic carbocycles. The Kier molecular flexibility index (Phi) is 1.91. The second-order valence-corrected chi connectivity index (χ2v) is 4.26. The van der Waals surface area contributed by atoms with Gasteiger partial charge in [-0.15, -0.1) is 0 Å². The molecule has 72 valence electrons. The molecule has 0 unspecified atom stereocenters. The van der Waals surface area contributed by atoms with Gasteiger partial charge in [-0.05, 0) is 30.4 Å². The van der Waals surface area contributed by atoms with E-state index in [0.29, 0.717) is 12.1 Å². The van der Waals surface area contributed by atoms with E-state index in [0.717, 1.165) is 6.42 Å². The normalized spacial score (nSPS) is 29.4. The van der Waals surface area contributed by atoms with Crippen LogP contribution in [0.4, 0.5) is 0 Å². The zero-order valence-corrected chi connectivity index (χ0v) is 8.24. The number of nitrogens with one attached hydrogen (secondary N) is 1. The van der Waals surface area contributed by atoms with Crippen molar-refractivity contribution in [2.75, 3.05) is 0 Å². The van der Waals surface area contributed by atoms with Crippen molar-refractivity contribution in [1.82, 2.24) is 5.32 Å². The molecular weight excluding hydrogens is 170 g/mol. The summed E-state index contributed by atoms with van der Waals surface area (Å²) >= 11 is 0. The van der Waals surface area contributed by atoms with Gasteiger partial charge in [0, 0.05) is 12.1 Å². The molecule has 2 aliphatic heterocycles. The maximum atomic E-state index is 3.71. The van der Waals surface area contributed by atoms with Crippen LogP contribution < -0.4 is 5.32 Å². The monoisotopic (exact) mass is 185 g/mol. The lowest BCUT2D eigenvalue weighted by Crippen LogP contribution is -2.37. The van der Waals surface area contributed by atoms with Crippen LogP contribution in [-0.2, 0) is 6.42 Å². The van der Waals surface area contributed by atoms with E-state index in [1.54, 1.807) is 5.56 Å². The maximum absolute atomic E-state index is 3.71. The molecular formula is C13H15N. The Balaban J connectivity index is 2.05. The smallest absolute Gasteiger partial charge is 0.0360 e. The first kappa shape index (κ1) is 8.25. The molecule has 0 saturated heterocycles. The summed E-state index contributed by atoms with van der Waals surface area (Å²) in [5, 5.41) is 3.71. The zero-order valence-electron chi connectivity index (χ0n) is 8.24. The zero-order chi connectivity index (χ0) is 9.38. The van der Waals surface area contributed by atoms with Gasteiger partial charge in [-0.3, -0.25) is 0 Å². The van der Waals surface area contributed by atoms with Gasteiger partial charge in [-0.1, -0.05) is 36.4 Å². The molecule has 0 saturated carbocycles. The highest BCUT2D eigenvalue weighted by atomic mass is 15.0. The predicted octanol–water partition coefficient (Wildman–Crippen LogP) is 2.59. The standard InChI is InChI=1S/C13H15N/c1-3-7-12-10(5-1)9-11-6-2-4-8-13(12)14-11/h1-5,7,11,13-14H,6,8-9H2/t11-,13+/m1/s1. The molecule has 1 heteroatoms. The lowest BCUT2D eigenvalue weighted by atomic mass is 9.89. The van der Waals surface area contributed by atoms with Gasteiger partial charge < -0.3 is 5.32 Å². The topological polar surface area (TPSA) is 12.0 Å². The highest BCUT2D eigenvalue weighted by molar-refractivity contribution is 5.34. The largest absolute Gasteiger partial charge is 0.306 e. The molecule has 1 aromatic rings. The van der Waals surface area contributed by atoms with E-state index < -0.39 is 0 Å². The van der Waals surface area contributed by atoms with Crippen molar-refractivity contribution >= 4 is 0 Å². The first-order chi connectivity index (χ1) is 6.93. The molecule has 0 aromatic heterocycles. The predicted molar refractivity (Wildman–Crippen MR) is 58.2 cm³/mol. The van der Waals surface area contributed by atoms with Crippen LogP contribution in [0.5, 0.6) is 0 Å². The van der Waals surface area contributed by atoms with E-state index >= 15 is 0 Å². The van der Waals surface area contributed by atoms with Crippen LogP contribution in [0.1, 0.15) is 30.0 Å². The average Bonchev–Trinajstić information content (AvgIpc) is 2.41. The third kappa shape index (κ3) is 1.28. The molecule has 1 nitrogen and oxygen atoms in total. The Labute approximate surface area is 84.8 Å². The fraction of sp³-hybridized carbons (Fsp3) is 0.385. The van der Waals surface area contributed by atoms with Gasteiger partial charge >= 0.3 is 0 Å². The molecule has 2 heterocycles. The van der Waals surface area contributed by atoms with Crippen LogP contribution in [0.2, 0.25) is 0 Å². The van der Waals surface area contributed by atoms with Crippen LogP contribution >= 0.6 is 0 Å². The van der Waals surface area contributed by atoms with E-state index in [1.807, 2.05) is 0 Å².